The molecule has 1 aliphatic heterocycles. The van der Waals surface area contributed by atoms with Crippen LogP contribution in [0.25, 0.3) is 0 Å². The summed E-state index contributed by atoms with van der Waals surface area (Å²) in [6, 6.07) is 3.79. The summed E-state index contributed by atoms with van der Waals surface area (Å²) in [7, 11) is 3.23. The molecule has 2 rings (SSSR count). The molecular weight excluding hydrogens is 256 g/mol. The maximum absolute atomic E-state index is 10.5. The molecule has 0 radical (unpaired) electrons. The largest absolute Gasteiger partial charge is 0.493 e. The van der Waals surface area contributed by atoms with Gasteiger partial charge < -0.3 is 19.9 Å². The first-order valence-corrected chi connectivity index (χ1v) is 6.99. The van der Waals surface area contributed by atoms with Crippen molar-refractivity contribution in [2.45, 2.75) is 13.0 Å². The van der Waals surface area contributed by atoms with E-state index in [1.54, 1.807) is 14.2 Å². The Morgan fingerprint density at radius 2 is 1.80 bits per heavy atom. The lowest BCUT2D eigenvalue weighted by molar-refractivity contribution is 0.105. The Hall–Kier alpha value is -1.30. The quantitative estimate of drug-likeness (QED) is 0.841. The SMILES string of the molecule is COc1cc(C)c(C(O)CN2CCNCC2)cc1OC. The van der Waals surface area contributed by atoms with E-state index in [-0.39, 0.29) is 0 Å². The van der Waals surface area contributed by atoms with Crippen molar-refractivity contribution < 1.29 is 14.6 Å². The van der Waals surface area contributed by atoms with Crippen LogP contribution in [0.5, 0.6) is 11.5 Å². The molecule has 0 saturated carbocycles. The number of aliphatic hydroxyl groups is 1. The van der Waals surface area contributed by atoms with Crippen molar-refractivity contribution >= 4 is 0 Å². The van der Waals surface area contributed by atoms with Crippen LogP contribution >= 0.6 is 0 Å². The van der Waals surface area contributed by atoms with E-state index in [0.29, 0.717) is 18.0 Å². The standard InChI is InChI=1S/C15H24N2O3/c1-11-8-14(19-2)15(20-3)9-12(11)13(18)10-17-6-4-16-5-7-17/h8-9,13,16,18H,4-7,10H2,1-3H3. The number of hydrogen-bond acceptors (Lipinski definition) is 5. The van der Waals surface area contributed by atoms with Gasteiger partial charge in [-0.3, -0.25) is 4.90 Å². The van der Waals surface area contributed by atoms with Gasteiger partial charge >= 0.3 is 0 Å². The summed E-state index contributed by atoms with van der Waals surface area (Å²) in [6.07, 6.45) is -0.507. The minimum Gasteiger partial charge on any atom is -0.493 e. The van der Waals surface area contributed by atoms with Gasteiger partial charge in [-0.25, -0.2) is 0 Å². The minimum atomic E-state index is -0.507. The first-order valence-electron chi connectivity index (χ1n) is 6.99. The maximum Gasteiger partial charge on any atom is 0.161 e. The average Bonchev–Trinajstić information content (AvgIpc) is 2.47. The molecule has 2 N–H and O–H groups in total. The van der Waals surface area contributed by atoms with E-state index in [2.05, 4.69) is 10.2 Å². The summed E-state index contributed by atoms with van der Waals surface area (Å²) >= 11 is 0. The molecular formula is C15H24N2O3. The number of rotatable bonds is 5. The fraction of sp³-hybridized carbons (Fsp3) is 0.600. The van der Waals surface area contributed by atoms with Crippen LogP contribution in [0, 0.1) is 6.92 Å². The van der Waals surface area contributed by atoms with E-state index in [1.807, 2.05) is 19.1 Å². The van der Waals surface area contributed by atoms with E-state index < -0.39 is 6.10 Å². The summed E-state index contributed by atoms with van der Waals surface area (Å²) in [6.45, 7) is 6.55. The van der Waals surface area contributed by atoms with Gasteiger partial charge in [-0.05, 0) is 30.2 Å². The van der Waals surface area contributed by atoms with Gasteiger partial charge in [-0.1, -0.05) is 0 Å². The fourth-order valence-corrected chi connectivity index (χ4v) is 2.59. The number of ether oxygens (including phenoxy) is 2. The van der Waals surface area contributed by atoms with Gasteiger partial charge in [0.15, 0.2) is 11.5 Å². The Labute approximate surface area is 120 Å². The highest BCUT2D eigenvalue weighted by molar-refractivity contribution is 5.47. The predicted octanol–water partition coefficient (Wildman–Crippen LogP) is 0.951. The van der Waals surface area contributed by atoms with E-state index >= 15 is 0 Å². The molecule has 1 atom stereocenters. The van der Waals surface area contributed by atoms with E-state index in [9.17, 15) is 5.11 Å². The van der Waals surface area contributed by atoms with Crippen molar-refractivity contribution in [2.24, 2.45) is 0 Å². The molecule has 0 aromatic heterocycles. The van der Waals surface area contributed by atoms with Crippen molar-refractivity contribution in [3.8, 4) is 11.5 Å². The zero-order valence-corrected chi connectivity index (χ0v) is 12.5. The van der Waals surface area contributed by atoms with Crippen molar-refractivity contribution in [2.75, 3.05) is 46.9 Å². The lowest BCUT2D eigenvalue weighted by atomic mass is 10.0. The Morgan fingerprint density at radius 3 is 2.40 bits per heavy atom. The molecule has 1 saturated heterocycles. The summed E-state index contributed by atoms with van der Waals surface area (Å²) in [4.78, 5) is 2.28. The molecule has 1 fully saturated rings. The first kappa shape index (κ1) is 15.1. The van der Waals surface area contributed by atoms with Crippen LogP contribution in [0.15, 0.2) is 12.1 Å². The number of β-amino-alcohol motifs (C(OH)–C–C–N with tert-alkyl or cyclic N) is 1. The average molecular weight is 280 g/mol. The number of nitrogens with one attached hydrogen (secondary N) is 1. The lowest BCUT2D eigenvalue weighted by Gasteiger charge is -2.29. The smallest absolute Gasteiger partial charge is 0.161 e. The van der Waals surface area contributed by atoms with Gasteiger partial charge in [-0.15, -0.1) is 0 Å². The highest BCUT2D eigenvalue weighted by atomic mass is 16.5. The number of hydrogen-bond donors (Lipinski definition) is 2. The summed E-state index contributed by atoms with van der Waals surface area (Å²) in [5.74, 6) is 1.36. The van der Waals surface area contributed by atoms with Crippen LogP contribution in [-0.4, -0.2) is 56.9 Å². The fourth-order valence-electron chi connectivity index (χ4n) is 2.59. The summed E-state index contributed by atoms with van der Waals surface area (Å²) < 4.78 is 10.6. The minimum absolute atomic E-state index is 0.507. The number of nitrogens with zero attached hydrogens (tertiary/aromatic N) is 1. The number of aliphatic hydroxyl groups excluding tert-OH is 1. The number of aryl methyl sites for hydroxylation is 1. The Kier molecular flexibility index (Phi) is 5.23. The van der Waals surface area contributed by atoms with Crippen LogP contribution in [-0.2, 0) is 0 Å². The van der Waals surface area contributed by atoms with Crippen LogP contribution in [0.2, 0.25) is 0 Å². The van der Waals surface area contributed by atoms with Gasteiger partial charge in [0.1, 0.15) is 0 Å². The second kappa shape index (κ2) is 6.92. The molecule has 20 heavy (non-hydrogen) atoms. The molecule has 5 heteroatoms. The summed E-state index contributed by atoms with van der Waals surface area (Å²) in [5.41, 5.74) is 1.92. The number of piperazine rings is 1. The van der Waals surface area contributed by atoms with E-state index in [4.69, 9.17) is 9.47 Å². The van der Waals surface area contributed by atoms with Crippen LogP contribution in [0.3, 0.4) is 0 Å². The molecule has 112 valence electrons. The van der Waals surface area contributed by atoms with Crippen LogP contribution in [0.1, 0.15) is 17.2 Å². The molecule has 5 nitrogen and oxygen atoms in total. The molecule has 0 aliphatic carbocycles. The first-order chi connectivity index (χ1) is 9.65. The van der Waals surface area contributed by atoms with E-state index in [1.165, 1.54) is 0 Å². The van der Waals surface area contributed by atoms with Crippen LogP contribution < -0.4 is 14.8 Å². The third-order valence-electron chi connectivity index (χ3n) is 3.77. The zero-order chi connectivity index (χ0) is 14.5. The Morgan fingerprint density at radius 1 is 1.20 bits per heavy atom. The van der Waals surface area contributed by atoms with Gasteiger partial charge in [0, 0.05) is 32.7 Å². The molecule has 0 bridgehead atoms. The molecule has 1 aliphatic rings. The third kappa shape index (κ3) is 3.42. The van der Waals surface area contributed by atoms with Crippen molar-refractivity contribution in [3.05, 3.63) is 23.3 Å². The zero-order valence-electron chi connectivity index (χ0n) is 12.5. The molecule has 1 aromatic carbocycles. The molecule has 1 aromatic rings. The Bertz CT molecular complexity index is 445. The predicted molar refractivity (Wildman–Crippen MR) is 78.6 cm³/mol. The number of benzene rings is 1. The highest BCUT2D eigenvalue weighted by Gasteiger charge is 2.19. The Balaban J connectivity index is 2.13. The van der Waals surface area contributed by atoms with Crippen molar-refractivity contribution in [1.29, 1.82) is 0 Å². The second-order valence-corrected chi connectivity index (χ2v) is 5.13. The molecule has 1 heterocycles. The normalized spacial score (nSPS) is 17.8. The van der Waals surface area contributed by atoms with Crippen molar-refractivity contribution in [1.82, 2.24) is 10.2 Å². The lowest BCUT2D eigenvalue weighted by Crippen LogP contribution is -2.45. The highest BCUT2D eigenvalue weighted by Crippen LogP contribution is 2.33. The molecule has 0 amide bonds. The monoisotopic (exact) mass is 280 g/mol. The molecule has 0 spiro atoms. The topological polar surface area (TPSA) is 54.0 Å². The molecule has 1 unspecified atom stereocenters. The van der Waals surface area contributed by atoms with Crippen molar-refractivity contribution in [3.63, 3.8) is 0 Å². The number of methoxy groups -OCH3 is 2. The van der Waals surface area contributed by atoms with Crippen LogP contribution in [0.4, 0.5) is 0 Å². The second-order valence-electron chi connectivity index (χ2n) is 5.13. The van der Waals surface area contributed by atoms with Gasteiger partial charge in [-0.2, -0.15) is 0 Å². The summed E-state index contributed by atoms with van der Waals surface area (Å²) in [5, 5.41) is 13.8. The van der Waals surface area contributed by atoms with Gasteiger partial charge in [0.2, 0.25) is 0 Å². The van der Waals surface area contributed by atoms with E-state index in [0.717, 1.165) is 37.3 Å². The van der Waals surface area contributed by atoms with Gasteiger partial charge in [0.05, 0.1) is 20.3 Å². The maximum atomic E-state index is 10.5. The third-order valence-corrected chi connectivity index (χ3v) is 3.77. The van der Waals surface area contributed by atoms with Gasteiger partial charge in [0.25, 0.3) is 0 Å².